The minimum atomic E-state index is 0.682. The molecule has 0 N–H and O–H groups in total. The molecule has 0 aromatic heterocycles. The zero-order valence-electron chi connectivity index (χ0n) is 12.3. The Labute approximate surface area is 121 Å². The lowest BCUT2D eigenvalue weighted by molar-refractivity contribution is 0.363. The highest BCUT2D eigenvalue weighted by molar-refractivity contribution is 7.94. The average molecular weight is 279 g/mol. The first-order valence-electron chi connectivity index (χ1n) is 6.96. The highest BCUT2D eigenvalue weighted by Gasteiger charge is 1.97. The minimum Gasteiger partial charge on any atom is -0.311 e. The molecule has 0 atom stereocenters. The molecular formula is C16H25NOS. The molecule has 0 amide bonds. The van der Waals surface area contributed by atoms with Gasteiger partial charge < -0.3 is 4.18 Å². The zero-order valence-corrected chi connectivity index (χ0v) is 13.1. The summed E-state index contributed by atoms with van der Waals surface area (Å²) < 4.78 is 5.56. The van der Waals surface area contributed by atoms with Gasteiger partial charge in [-0.2, -0.15) is 0 Å². The van der Waals surface area contributed by atoms with E-state index in [1.54, 1.807) is 12.0 Å². The van der Waals surface area contributed by atoms with Gasteiger partial charge in [-0.15, -0.1) is 0 Å². The van der Waals surface area contributed by atoms with E-state index in [-0.39, 0.29) is 0 Å². The Morgan fingerprint density at radius 1 is 1.26 bits per heavy atom. The molecule has 0 radical (unpaired) electrons. The molecule has 2 nitrogen and oxygen atoms in total. The second-order valence-corrected chi connectivity index (χ2v) is 6.02. The van der Waals surface area contributed by atoms with E-state index in [1.807, 2.05) is 18.2 Å². The molecule has 0 spiro atoms. The smallest absolute Gasteiger partial charge is 0.0864 e. The van der Waals surface area contributed by atoms with Crippen LogP contribution in [0.3, 0.4) is 0 Å². The standard InChI is InChI=1S/C16H25NOS/c1-14(2)12-15(3)17-10-7-11-19-18-13-16-8-5-4-6-9-16/h4-6,8-9,14H,7,10-13H2,1-3H3. The van der Waals surface area contributed by atoms with Gasteiger partial charge >= 0.3 is 0 Å². The molecular weight excluding hydrogens is 254 g/mol. The van der Waals surface area contributed by atoms with Crippen molar-refractivity contribution in [2.24, 2.45) is 10.9 Å². The third-order valence-corrected chi connectivity index (χ3v) is 3.36. The van der Waals surface area contributed by atoms with E-state index in [0.717, 1.165) is 25.1 Å². The average Bonchev–Trinajstić information content (AvgIpc) is 2.38. The molecule has 1 aromatic carbocycles. The molecule has 0 aliphatic heterocycles. The normalized spacial score (nSPS) is 12.1. The summed E-state index contributed by atoms with van der Waals surface area (Å²) in [6, 6.07) is 10.3. The highest BCUT2D eigenvalue weighted by Crippen LogP contribution is 2.10. The predicted molar refractivity (Wildman–Crippen MR) is 85.7 cm³/mol. The van der Waals surface area contributed by atoms with Gasteiger partial charge in [0.05, 0.1) is 6.61 Å². The number of aliphatic imine (C=N–C) groups is 1. The molecule has 0 fully saturated rings. The van der Waals surface area contributed by atoms with Crippen LogP contribution in [0.4, 0.5) is 0 Å². The van der Waals surface area contributed by atoms with E-state index in [2.05, 4.69) is 37.9 Å². The quantitative estimate of drug-likeness (QED) is 0.369. The van der Waals surface area contributed by atoms with Gasteiger partial charge in [0, 0.05) is 18.0 Å². The summed E-state index contributed by atoms with van der Waals surface area (Å²) in [4.78, 5) is 4.57. The number of benzene rings is 1. The SMILES string of the molecule is CC(CC(C)C)=NCCCSOCc1ccccc1. The van der Waals surface area contributed by atoms with Crippen LogP contribution in [-0.2, 0) is 10.8 Å². The molecule has 3 heteroatoms. The Hall–Kier alpha value is -0.800. The maximum absolute atomic E-state index is 5.56. The van der Waals surface area contributed by atoms with Crippen LogP contribution in [-0.4, -0.2) is 18.0 Å². The molecule has 0 bridgehead atoms. The summed E-state index contributed by atoms with van der Waals surface area (Å²) in [5.74, 6) is 1.71. The molecule has 0 saturated carbocycles. The zero-order chi connectivity index (χ0) is 13.9. The van der Waals surface area contributed by atoms with Crippen LogP contribution in [0.1, 0.15) is 39.2 Å². The lowest BCUT2D eigenvalue weighted by atomic mass is 10.1. The van der Waals surface area contributed by atoms with Crippen LogP contribution in [0.5, 0.6) is 0 Å². The first kappa shape index (κ1) is 16.3. The fraction of sp³-hybridized carbons (Fsp3) is 0.562. The van der Waals surface area contributed by atoms with Gasteiger partial charge in [0.2, 0.25) is 0 Å². The molecule has 1 rings (SSSR count). The Kier molecular flexibility index (Phi) is 8.59. The van der Waals surface area contributed by atoms with E-state index in [1.165, 1.54) is 11.3 Å². The summed E-state index contributed by atoms with van der Waals surface area (Å²) in [6.45, 7) is 8.18. The van der Waals surface area contributed by atoms with Gasteiger partial charge in [0.15, 0.2) is 0 Å². The third-order valence-electron chi connectivity index (χ3n) is 2.62. The van der Waals surface area contributed by atoms with Crippen molar-refractivity contribution < 1.29 is 4.18 Å². The number of hydrogen-bond donors (Lipinski definition) is 0. The van der Waals surface area contributed by atoms with Crippen molar-refractivity contribution in [2.75, 3.05) is 12.3 Å². The Balaban J connectivity index is 2.00. The van der Waals surface area contributed by atoms with Crippen molar-refractivity contribution in [1.82, 2.24) is 0 Å². The van der Waals surface area contributed by atoms with Crippen molar-refractivity contribution in [3.63, 3.8) is 0 Å². The molecule has 19 heavy (non-hydrogen) atoms. The highest BCUT2D eigenvalue weighted by atomic mass is 32.2. The Morgan fingerprint density at radius 2 is 2.00 bits per heavy atom. The van der Waals surface area contributed by atoms with Gasteiger partial charge in [0.25, 0.3) is 0 Å². The maximum atomic E-state index is 5.56. The summed E-state index contributed by atoms with van der Waals surface area (Å²) in [6.07, 6.45) is 2.19. The summed E-state index contributed by atoms with van der Waals surface area (Å²) in [5.41, 5.74) is 2.49. The Bertz CT molecular complexity index is 362. The third kappa shape index (κ3) is 8.84. The number of rotatable bonds is 9. The van der Waals surface area contributed by atoms with E-state index < -0.39 is 0 Å². The second-order valence-electron chi connectivity index (χ2n) is 5.14. The van der Waals surface area contributed by atoms with Crippen LogP contribution >= 0.6 is 12.0 Å². The van der Waals surface area contributed by atoms with E-state index >= 15 is 0 Å². The molecule has 0 heterocycles. The first-order valence-corrected chi connectivity index (χ1v) is 7.88. The van der Waals surface area contributed by atoms with Gasteiger partial charge in [-0.3, -0.25) is 4.99 Å². The number of nitrogens with zero attached hydrogens (tertiary/aromatic N) is 1. The monoisotopic (exact) mass is 279 g/mol. The molecule has 0 aliphatic rings. The predicted octanol–water partition coefficient (Wildman–Crippen LogP) is 4.75. The second kappa shape index (κ2) is 10.0. The van der Waals surface area contributed by atoms with Crippen LogP contribution in [0.15, 0.2) is 35.3 Å². The van der Waals surface area contributed by atoms with Crippen molar-refractivity contribution >= 4 is 17.8 Å². The van der Waals surface area contributed by atoms with Crippen molar-refractivity contribution in [3.8, 4) is 0 Å². The molecule has 106 valence electrons. The molecule has 0 unspecified atom stereocenters. The maximum Gasteiger partial charge on any atom is 0.0864 e. The van der Waals surface area contributed by atoms with Crippen LogP contribution in [0.25, 0.3) is 0 Å². The van der Waals surface area contributed by atoms with Crippen LogP contribution < -0.4 is 0 Å². The van der Waals surface area contributed by atoms with Gasteiger partial charge in [-0.1, -0.05) is 44.2 Å². The van der Waals surface area contributed by atoms with Crippen LogP contribution in [0.2, 0.25) is 0 Å². The van der Waals surface area contributed by atoms with Crippen molar-refractivity contribution in [2.45, 2.75) is 40.2 Å². The van der Waals surface area contributed by atoms with E-state index in [0.29, 0.717) is 12.5 Å². The molecule has 1 aromatic rings. The number of hydrogen-bond acceptors (Lipinski definition) is 3. The summed E-state index contributed by atoms with van der Waals surface area (Å²) in [7, 11) is 0. The van der Waals surface area contributed by atoms with Crippen molar-refractivity contribution in [3.05, 3.63) is 35.9 Å². The molecule has 0 aliphatic carbocycles. The van der Waals surface area contributed by atoms with E-state index in [9.17, 15) is 0 Å². The molecule has 0 saturated heterocycles. The largest absolute Gasteiger partial charge is 0.311 e. The topological polar surface area (TPSA) is 21.6 Å². The van der Waals surface area contributed by atoms with Gasteiger partial charge in [-0.05, 0) is 43.3 Å². The lowest BCUT2D eigenvalue weighted by Gasteiger charge is -2.04. The summed E-state index contributed by atoms with van der Waals surface area (Å²) in [5, 5.41) is 0. The minimum absolute atomic E-state index is 0.682. The van der Waals surface area contributed by atoms with E-state index in [4.69, 9.17) is 4.18 Å². The lowest BCUT2D eigenvalue weighted by Crippen LogP contribution is -1.99. The van der Waals surface area contributed by atoms with Crippen molar-refractivity contribution in [1.29, 1.82) is 0 Å². The van der Waals surface area contributed by atoms with Gasteiger partial charge in [-0.25, -0.2) is 0 Å². The van der Waals surface area contributed by atoms with Gasteiger partial charge in [0.1, 0.15) is 0 Å². The fourth-order valence-electron chi connectivity index (χ4n) is 1.79. The summed E-state index contributed by atoms with van der Waals surface area (Å²) >= 11 is 1.54. The Morgan fingerprint density at radius 3 is 2.68 bits per heavy atom. The fourth-order valence-corrected chi connectivity index (χ4v) is 2.38. The van der Waals surface area contributed by atoms with Crippen LogP contribution in [0, 0.1) is 5.92 Å². The first-order chi connectivity index (χ1) is 9.18.